The van der Waals surface area contributed by atoms with Crippen LogP contribution in [0.4, 0.5) is 5.82 Å². The van der Waals surface area contributed by atoms with E-state index in [9.17, 15) is 4.79 Å². The fraction of sp³-hybridized carbons (Fsp3) is 0.143. The van der Waals surface area contributed by atoms with Crippen molar-refractivity contribution in [3.63, 3.8) is 0 Å². The van der Waals surface area contributed by atoms with Gasteiger partial charge in [-0.05, 0) is 12.1 Å². The van der Waals surface area contributed by atoms with Crippen molar-refractivity contribution in [3.8, 4) is 5.75 Å². The highest BCUT2D eigenvalue weighted by Gasteiger charge is 2.01. The van der Waals surface area contributed by atoms with Gasteiger partial charge in [-0.25, -0.2) is 4.98 Å². The van der Waals surface area contributed by atoms with Crippen LogP contribution in [0.25, 0.3) is 0 Å². The molecular weight excluding hydrogens is 144 g/mol. The normalized spacial score (nSPS) is 9.18. The van der Waals surface area contributed by atoms with Crippen LogP contribution in [0.2, 0.25) is 0 Å². The first kappa shape index (κ1) is 7.53. The number of nitrogens with two attached hydrogens (primary N) is 1. The maximum absolute atomic E-state index is 10.5. The molecule has 0 bridgehead atoms. The zero-order chi connectivity index (χ0) is 8.27. The highest BCUT2D eigenvalue weighted by Crippen LogP contribution is 2.16. The van der Waals surface area contributed by atoms with E-state index in [4.69, 9.17) is 10.5 Å². The topological polar surface area (TPSA) is 65.2 Å². The van der Waals surface area contributed by atoms with Crippen LogP contribution in [0.15, 0.2) is 18.3 Å². The van der Waals surface area contributed by atoms with Gasteiger partial charge in [0.2, 0.25) is 0 Å². The number of hydrogen-bond donors (Lipinski definition) is 1. The van der Waals surface area contributed by atoms with Gasteiger partial charge in [-0.1, -0.05) is 0 Å². The zero-order valence-electron chi connectivity index (χ0n) is 6.07. The van der Waals surface area contributed by atoms with Crippen LogP contribution in [0, 0.1) is 0 Å². The number of rotatable bonds is 1. The van der Waals surface area contributed by atoms with Gasteiger partial charge in [0.25, 0.3) is 0 Å². The number of aromatic nitrogens is 1. The molecule has 0 unspecified atom stereocenters. The minimum Gasteiger partial charge on any atom is -0.423 e. The van der Waals surface area contributed by atoms with Gasteiger partial charge in [0.05, 0.1) is 0 Å². The van der Waals surface area contributed by atoms with E-state index in [1.807, 2.05) is 0 Å². The highest BCUT2D eigenvalue weighted by atomic mass is 16.5. The molecule has 2 N–H and O–H groups in total. The quantitative estimate of drug-likeness (QED) is 0.598. The highest BCUT2D eigenvalue weighted by molar-refractivity contribution is 5.71. The number of pyridine rings is 1. The van der Waals surface area contributed by atoms with Gasteiger partial charge in [0.15, 0.2) is 11.6 Å². The Kier molecular flexibility index (Phi) is 2.06. The number of nitrogen functional groups attached to an aromatic ring is 1. The fourth-order valence-corrected chi connectivity index (χ4v) is 0.644. The summed E-state index contributed by atoms with van der Waals surface area (Å²) in [6.07, 6.45) is 1.53. The van der Waals surface area contributed by atoms with E-state index < -0.39 is 5.97 Å². The molecule has 1 aromatic rings. The smallest absolute Gasteiger partial charge is 0.308 e. The lowest BCUT2D eigenvalue weighted by Gasteiger charge is -2.01. The number of esters is 1. The van der Waals surface area contributed by atoms with E-state index >= 15 is 0 Å². The maximum Gasteiger partial charge on any atom is 0.308 e. The van der Waals surface area contributed by atoms with Crippen LogP contribution in [0.3, 0.4) is 0 Å². The molecule has 1 rings (SSSR count). The van der Waals surface area contributed by atoms with Crippen molar-refractivity contribution in [2.75, 3.05) is 5.73 Å². The van der Waals surface area contributed by atoms with E-state index in [0.717, 1.165) is 0 Å². The Labute approximate surface area is 64.0 Å². The molecule has 1 heterocycles. The Morgan fingerprint density at radius 2 is 2.45 bits per heavy atom. The third-order valence-corrected chi connectivity index (χ3v) is 1.05. The van der Waals surface area contributed by atoms with E-state index in [2.05, 4.69) is 4.98 Å². The van der Waals surface area contributed by atoms with E-state index in [1.54, 1.807) is 12.1 Å². The second kappa shape index (κ2) is 3.01. The SMILES string of the molecule is CC(=O)Oc1cccnc1N. The predicted molar refractivity (Wildman–Crippen MR) is 40.0 cm³/mol. The molecule has 0 saturated carbocycles. The number of nitrogens with zero attached hydrogens (tertiary/aromatic N) is 1. The predicted octanol–water partition coefficient (Wildman–Crippen LogP) is 0.589. The molecule has 4 nitrogen and oxygen atoms in total. The first-order valence-corrected chi connectivity index (χ1v) is 3.09. The Morgan fingerprint density at radius 3 is 3.00 bits per heavy atom. The zero-order valence-corrected chi connectivity index (χ0v) is 6.07. The molecular formula is C7H8N2O2. The molecule has 58 valence electrons. The van der Waals surface area contributed by atoms with Crippen LogP contribution in [0.1, 0.15) is 6.92 Å². The summed E-state index contributed by atoms with van der Waals surface area (Å²) >= 11 is 0. The molecule has 0 radical (unpaired) electrons. The summed E-state index contributed by atoms with van der Waals surface area (Å²) in [5.41, 5.74) is 5.38. The van der Waals surface area contributed by atoms with Crippen LogP contribution in [-0.2, 0) is 4.79 Å². The number of hydrogen-bond acceptors (Lipinski definition) is 4. The van der Waals surface area contributed by atoms with Crippen molar-refractivity contribution in [2.24, 2.45) is 0 Å². The van der Waals surface area contributed by atoms with Crippen LogP contribution < -0.4 is 10.5 Å². The van der Waals surface area contributed by atoms with Gasteiger partial charge < -0.3 is 10.5 Å². The summed E-state index contributed by atoms with van der Waals surface area (Å²) in [6.45, 7) is 1.31. The third-order valence-electron chi connectivity index (χ3n) is 1.05. The Balaban J connectivity index is 2.86. The Morgan fingerprint density at radius 1 is 1.73 bits per heavy atom. The minimum absolute atomic E-state index is 0.225. The minimum atomic E-state index is -0.398. The largest absolute Gasteiger partial charge is 0.423 e. The lowest BCUT2D eigenvalue weighted by Crippen LogP contribution is -2.04. The molecule has 4 heteroatoms. The first-order chi connectivity index (χ1) is 5.20. The third kappa shape index (κ3) is 1.93. The molecule has 0 amide bonds. The van der Waals surface area contributed by atoms with E-state index in [1.165, 1.54) is 13.1 Å². The van der Waals surface area contributed by atoms with Crippen molar-refractivity contribution in [1.29, 1.82) is 0 Å². The molecule has 0 saturated heterocycles. The second-order valence-electron chi connectivity index (χ2n) is 1.98. The van der Waals surface area contributed by atoms with Gasteiger partial charge in [-0.15, -0.1) is 0 Å². The molecule has 0 fully saturated rings. The summed E-state index contributed by atoms with van der Waals surface area (Å²) in [6, 6.07) is 3.23. The molecule has 1 aromatic heterocycles. The number of carbonyl (C=O) groups is 1. The molecule has 0 aliphatic rings. The lowest BCUT2D eigenvalue weighted by molar-refractivity contribution is -0.131. The van der Waals surface area contributed by atoms with Gasteiger partial charge >= 0.3 is 5.97 Å². The summed E-state index contributed by atoms with van der Waals surface area (Å²) in [5.74, 6) is 0.132. The van der Waals surface area contributed by atoms with Crippen molar-refractivity contribution in [1.82, 2.24) is 4.98 Å². The Bertz CT molecular complexity index is 273. The molecule has 0 aromatic carbocycles. The summed E-state index contributed by atoms with van der Waals surface area (Å²) in [5, 5.41) is 0. The van der Waals surface area contributed by atoms with Crippen molar-refractivity contribution in [2.45, 2.75) is 6.92 Å². The van der Waals surface area contributed by atoms with Gasteiger partial charge in [0.1, 0.15) is 0 Å². The standard InChI is InChI=1S/C7H8N2O2/c1-5(10)11-6-3-2-4-9-7(6)8/h2-4H,1H3,(H2,8,9). The van der Waals surface area contributed by atoms with E-state index in [0.29, 0.717) is 5.75 Å². The molecule has 0 atom stereocenters. The average Bonchev–Trinajstić information content (AvgIpc) is 1.93. The monoisotopic (exact) mass is 152 g/mol. The van der Waals surface area contributed by atoms with Crippen molar-refractivity contribution < 1.29 is 9.53 Å². The first-order valence-electron chi connectivity index (χ1n) is 3.09. The lowest BCUT2D eigenvalue weighted by atomic mass is 10.4. The van der Waals surface area contributed by atoms with Crippen LogP contribution in [-0.4, -0.2) is 11.0 Å². The molecule has 11 heavy (non-hydrogen) atoms. The Hall–Kier alpha value is -1.58. The molecule has 0 aliphatic heterocycles. The van der Waals surface area contributed by atoms with Gasteiger partial charge in [-0.3, -0.25) is 4.79 Å². The summed E-state index contributed by atoms with van der Waals surface area (Å²) < 4.78 is 4.72. The van der Waals surface area contributed by atoms with Crippen molar-refractivity contribution in [3.05, 3.63) is 18.3 Å². The van der Waals surface area contributed by atoms with Gasteiger partial charge in [-0.2, -0.15) is 0 Å². The van der Waals surface area contributed by atoms with Crippen LogP contribution >= 0.6 is 0 Å². The average molecular weight is 152 g/mol. The van der Waals surface area contributed by atoms with Crippen molar-refractivity contribution >= 4 is 11.8 Å². The summed E-state index contributed by atoms with van der Waals surface area (Å²) in [7, 11) is 0. The van der Waals surface area contributed by atoms with E-state index in [-0.39, 0.29) is 5.82 Å². The maximum atomic E-state index is 10.5. The fourth-order valence-electron chi connectivity index (χ4n) is 0.644. The number of anilines is 1. The second-order valence-corrected chi connectivity index (χ2v) is 1.98. The number of ether oxygens (including phenoxy) is 1. The van der Waals surface area contributed by atoms with Gasteiger partial charge in [0, 0.05) is 13.1 Å². The number of carbonyl (C=O) groups excluding carboxylic acids is 1. The van der Waals surface area contributed by atoms with Crippen LogP contribution in [0.5, 0.6) is 5.75 Å². The summed E-state index contributed by atoms with van der Waals surface area (Å²) in [4.78, 5) is 14.2. The molecule has 0 spiro atoms. The molecule has 0 aliphatic carbocycles.